The highest BCUT2D eigenvalue weighted by atomic mass is 32.2. The number of nitrogens with zero attached hydrogens (tertiary/aromatic N) is 2. The summed E-state index contributed by atoms with van der Waals surface area (Å²) in [5, 5.41) is 2.40. The lowest BCUT2D eigenvalue weighted by molar-refractivity contribution is 0.110. The molecular weight excluding hydrogens is 440 g/mol. The Hall–Kier alpha value is -2.65. The standard InChI is InChI=1S/C24H30N4O4S/c1-28-13-10-18(11-14-28)32-22-15-17(9-12-25-22)21-8-5-16-3-2-4-20(16)23(21)26-24(29)27-33(30,31)19-6-7-19/h5,8-9,12,15,18-19H,2-4,6-7,10-11,13-14H2,1H3,(H2,26,27,29). The van der Waals surface area contributed by atoms with Crippen LogP contribution < -0.4 is 14.8 Å². The van der Waals surface area contributed by atoms with E-state index < -0.39 is 21.3 Å². The van der Waals surface area contributed by atoms with Gasteiger partial charge in [0.1, 0.15) is 6.10 Å². The Bertz CT molecular complexity index is 1160. The van der Waals surface area contributed by atoms with E-state index in [9.17, 15) is 13.2 Å². The molecule has 0 spiro atoms. The zero-order chi connectivity index (χ0) is 23.0. The van der Waals surface area contributed by atoms with Crippen LogP contribution in [0.3, 0.4) is 0 Å². The third kappa shape index (κ3) is 4.99. The van der Waals surface area contributed by atoms with Crippen molar-refractivity contribution in [3.05, 3.63) is 41.6 Å². The number of urea groups is 1. The predicted octanol–water partition coefficient (Wildman–Crippen LogP) is 3.32. The Morgan fingerprint density at radius 2 is 1.91 bits per heavy atom. The second kappa shape index (κ2) is 8.95. The van der Waals surface area contributed by atoms with Gasteiger partial charge in [-0.3, -0.25) is 0 Å². The Balaban J connectivity index is 1.41. The van der Waals surface area contributed by atoms with Gasteiger partial charge in [0, 0.05) is 30.9 Å². The molecule has 2 heterocycles. The number of rotatable bonds is 6. The van der Waals surface area contributed by atoms with Gasteiger partial charge in [0.05, 0.1) is 10.9 Å². The molecule has 1 aromatic carbocycles. The summed E-state index contributed by atoms with van der Waals surface area (Å²) in [5.74, 6) is 0.564. The third-order valence-electron chi connectivity index (χ3n) is 6.72. The molecule has 2 N–H and O–H groups in total. The molecule has 3 aliphatic rings. The van der Waals surface area contributed by atoms with Gasteiger partial charge in [-0.25, -0.2) is 22.9 Å². The van der Waals surface area contributed by atoms with E-state index >= 15 is 0 Å². The van der Waals surface area contributed by atoms with Crippen LogP contribution in [0.4, 0.5) is 10.5 Å². The summed E-state index contributed by atoms with van der Waals surface area (Å²) in [4.78, 5) is 19.4. The molecule has 9 heteroatoms. The number of hydrogen-bond donors (Lipinski definition) is 2. The second-order valence-corrected chi connectivity index (χ2v) is 11.2. The number of nitrogens with one attached hydrogen (secondary N) is 2. The normalized spacial score (nSPS) is 19.2. The van der Waals surface area contributed by atoms with Crippen LogP contribution in [0.1, 0.15) is 43.2 Å². The summed E-state index contributed by atoms with van der Waals surface area (Å²) in [7, 11) is -1.51. The lowest BCUT2D eigenvalue weighted by Crippen LogP contribution is -2.36. The lowest BCUT2D eigenvalue weighted by atomic mass is 9.98. The van der Waals surface area contributed by atoms with E-state index in [2.05, 4.69) is 33.0 Å². The van der Waals surface area contributed by atoms with Gasteiger partial charge >= 0.3 is 6.03 Å². The molecule has 176 valence electrons. The molecule has 1 aromatic heterocycles. The molecule has 2 aliphatic carbocycles. The van der Waals surface area contributed by atoms with Crippen molar-refractivity contribution in [1.29, 1.82) is 0 Å². The largest absolute Gasteiger partial charge is 0.474 e. The first-order valence-corrected chi connectivity index (χ1v) is 13.2. The maximum Gasteiger partial charge on any atom is 0.332 e. The number of carbonyl (C=O) groups excluding carboxylic acids is 1. The summed E-state index contributed by atoms with van der Waals surface area (Å²) in [6.45, 7) is 2.00. The first-order valence-electron chi connectivity index (χ1n) is 11.7. The van der Waals surface area contributed by atoms with Gasteiger partial charge in [-0.1, -0.05) is 12.1 Å². The molecule has 0 radical (unpaired) electrons. The van der Waals surface area contributed by atoms with Gasteiger partial charge in [0.25, 0.3) is 0 Å². The molecule has 2 amide bonds. The molecule has 0 bridgehead atoms. The third-order valence-corrected chi connectivity index (χ3v) is 8.54. The van der Waals surface area contributed by atoms with E-state index in [4.69, 9.17) is 4.74 Å². The quantitative estimate of drug-likeness (QED) is 0.672. The highest BCUT2D eigenvalue weighted by Crippen LogP contribution is 2.38. The minimum Gasteiger partial charge on any atom is -0.474 e. The number of anilines is 1. The van der Waals surface area contributed by atoms with E-state index in [-0.39, 0.29) is 6.10 Å². The molecule has 2 aromatic rings. The number of fused-ring (bicyclic) bond motifs is 1. The van der Waals surface area contributed by atoms with Gasteiger partial charge in [-0.15, -0.1) is 0 Å². The van der Waals surface area contributed by atoms with Crippen LogP contribution in [0, 0.1) is 0 Å². The van der Waals surface area contributed by atoms with Gasteiger partial charge < -0.3 is 15.0 Å². The molecular formula is C24H30N4O4S. The number of ether oxygens (including phenoxy) is 1. The summed E-state index contributed by atoms with van der Waals surface area (Å²) in [5.41, 5.74) is 4.65. The van der Waals surface area contributed by atoms with Gasteiger partial charge in [-0.05, 0) is 74.8 Å². The van der Waals surface area contributed by atoms with E-state index in [1.54, 1.807) is 6.20 Å². The summed E-state index contributed by atoms with van der Waals surface area (Å²) >= 11 is 0. The number of sulfonamides is 1. The van der Waals surface area contributed by atoms with Crippen molar-refractivity contribution < 1.29 is 17.9 Å². The SMILES string of the molecule is CN1CCC(Oc2cc(-c3ccc4c(c3NC(=O)NS(=O)(=O)C3CC3)CCC4)ccn2)CC1. The van der Waals surface area contributed by atoms with Crippen molar-refractivity contribution in [2.24, 2.45) is 0 Å². The van der Waals surface area contributed by atoms with Gasteiger partial charge in [-0.2, -0.15) is 0 Å². The monoisotopic (exact) mass is 470 g/mol. The first kappa shape index (κ1) is 22.2. The van der Waals surface area contributed by atoms with E-state index in [1.807, 2.05) is 18.2 Å². The Kier molecular flexibility index (Phi) is 6.01. The summed E-state index contributed by atoms with van der Waals surface area (Å²) in [6, 6.07) is 7.17. The minimum absolute atomic E-state index is 0.139. The predicted molar refractivity (Wildman–Crippen MR) is 127 cm³/mol. The number of hydrogen-bond acceptors (Lipinski definition) is 6. The fourth-order valence-electron chi connectivity index (χ4n) is 4.69. The fourth-order valence-corrected chi connectivity index (χ4v) is 5.93. The summed E-state index contributed by atoms with van der Waals surface area (Å²) in [6.07, 6.45) is 7.79. The lowest BCUT2D eigenvalue weighted by Gasteiger charge is -2.29. The average Bonchev–Trinajstić information content (AvgIpc) is 3.54. The van der Waals surface area contributed by atoms with E-state index in [0.29, 0.717) is 24.4 Å². The topological polar surface area (TPSA) is 101 Å². The Morgan fingerprint density at radius 1 is 1.12 bits per heavy atom. The van der Waals surface area contributed by atoms with Crippen molar-refractivity contribution in [2.75, 3.05) is 25.5 Å². The molecule has 0 atom stereocenters. The molecule has 0 unspecified atom stereocenters. The smallest absolute Gasteiger partial charge is 0.332 e. The van der Waals surface area contributed by atoms with Gasteiger partial charge in [0.15, 0.2) is 0 Å². The van der Waals surface area contributed by atoms with Crippen LogP contribution in [0.25, 0.3) is 11.1 Å². The number of benzene rings is 1. The highest BCUT2D eigenvalue weighted by Gasteiger charge is 2.37. The number of carbonyl (C=O) groups is 1. The molecule has 33 heavy (non-hydrogen) atoms. The van der Waals surface area contributed by atoms with Crippen LogP contribution in [-0.4, -0.2) is 55.8 Å². The van der Waals surface area contributed by atoms with Gasteiger partial charge in [0.2, 0.25) is 15.9 Å². The van der Waals surface area contributed by atoms with E-state index in [0.717, 1.165) is 61.9 Å². The number of piperidine rings is 1. The van der Waals surface area contributed by atoms with Crippen LogP contribution in [-0.2, 0) is 22.9 Å². The van der Waals surface area contributed by atoms with Crippen molar-refractivity contribution in [3.63, 3.8) is 0 Å². The molecule has 1 saturated heterocycles. The van der Waals surface area contributed by atoms with Crippen LogP contribution >= 0.6 is 0 Å². The number of aromatic nitrogens is 1. The van der Waals surface area contributed by atoms with Crippen LogP contribution in [0.5, 0.6) is 5.88 Å². The maximum atomic E-state index is 12.7. The Morgan fingerprint density at radius 3 is 2.67 bits per heavy atom. The first-order chi connectivity index (χ1) is 15.9. The molecule has 1 saturated carbocycles. The number of pyridine rings is 1. The van der Waals surface area contributed by atoms with Crippen molar-refractivity contribution >= 4 is 21.7 Å². The van der Waals surface area contributed by atoms with Crippen LogP contribution in [0.15, 0.2) is 30.5 Å². The summed E-state index contributed by atoms with van der Waals surface area (Å²) < 4.78 is 32.8. The fraction of sp³-hybridized carbons (Fsp3) is 0.500. The van der Waals surface area contributed by atoms with Crippen molar-refractivity contribution in [1.82, 2.24) is 14.6 Å². The Labute approximate surface area is 194 Å². The van der Waals surface area contributed by atoms with Crippen LogP contribution in [0.2, 0.25) is 0 Å². The van der Waals surface area contributed by atoms with Crippen molar-refractivity contribution in [2.45, 2.75) is 56.3 Å². The number of amides is 2. The highest BCUT2D eigenvalue weighted by molar-refractivity contribution is 7.90. The zero-order valence-electron chi connectivity index (χ0n) is 18.8. The average molecular weight is 471 g/mol. The second-order valence-electron chi connectivity index (χ2n) is 9.28. The molecule has 5 rings (SSSR count). The molecule has 1 aliphatic heterocycles. The maximum absolute atomic E-state index is 12.7. The van der Waals surface area contributed by atoms with E-state index in [1.165, 1.54) is 5.56 Å². The minimum atomic E-state index is -3.62. The molecule has 2 fully saturated rings. The zero-order valence-corrected chi connectivity index (χ0v) is 19.7. The molecule has 8 nitrogen and oxygen atoms in total. The van der Waals surface area contributed by atoms with Crippen molar-refractivity contribution in [3.8, 4) is 17.0 Å². The number of aryl methyl sites for hydroxylation is 1. The number of likely N-dealkylation sites (tertiary alicyclic amines) is 1.